The maximum absolute atomic E-state index is 14.3. The molecule has 1 aromatic carbocycles. The number of sulfone groups is 1. The summed E-state index contributed by atoms with van der Waals surface area (Å²) in [6.45, 7) is 7.59. The maximum atomic E-state index is 14.3. The van der Waals surface area contributed by atoms with Crippen molar-refractivity contribution in [3.8, 4) is 11.1 Å². The van der Waals surface area contributed by atoms with Crippen molar-refractivity contribution in [1.29, 1.82) is 0 Å². The van der Waals surface area contributed by atoms with Crippen LogP contribution in [-0.2, 0) is 21.2 Å². The summed E-state index contributed by atoms with van der Waals surface area (Å²) in [5.41, 5.74) is 4.11. The molecule has 4 heterocycles. The van der Waals surface area contributed by atoms with Crippen LogP contribution < -0.4 is 9.80 Å². The number of halogens is 1. The second kappa shape index (κ2) is 10.9. The number of piperidine rings is 1. The fourth-order valence-electron chi connectivity index (χ4n) is 5.38. The SMILES string of the molecule is Cc1cc(C)n(CC(=O)N2CCN(c3ccc(F)cc3-c3cnc(N4CCC(S(C)(=O)=O)CC4)nc3)CC2)n1. The number of nitrogens with zero attached hydrogens (tertiary/aromatic N) is 7. The summed E-state index contributed by atoms with van der Waals surface area (Å²) in [6, 6.07) is 6.66. The van der Waals surface area contributed by atoms with Crippen molar-refractivity contribution in [2.45, 2.75) is 38.5 Å². The number of hydrogen-bond acceptors (Lipinski definition) is 8. The van der Waals surface area contributed by atoms with Gasteiger partial charge in [0.15, 0.2) is 0 Å². The number of anilines is 2. The zero-order valence-electron chi connectivity index (χ0n) is 22.5. The fraction of sp³-hybridized carbons (Fsp3) is 0.481. The Bertz CT molecular complexity index is 1440. The third-order valence-corrected chi connectivity index (χ3v) is 9.28. The van der Waals surface area contributed by atoms with E-state index in [1.807, 2.05) is 29.7 Å². The number of rotatable bonds is 6. The first-order chi connectivity index (χ1) is 18.6. The normalized spacial score (nSPS) is 17.1. The Hall–Kier alpha value is -3.54. The minimum Gasteiger partial charge on any atom is -0.367 e. The Morgan fingerprint density at radius 1 is 0.974 bits per heavy atom. The van der Waals surface area contributed by atoms with E-state index in [9.17, 15) is 17.6 Å². The van der Waals surface area contributed by atoms with Crippen molar-refractivity contribution >= 4 is 27.4 Å². The van der Waals surface area contributed by atoms with Crippen LogP contribution in [0.3, 0.4) is 0 Å². The third kappa shape index (κ3) is 6.05. The van der Waals surface area contributed by atoms with Gasteiger partial charge in [0.25, 0.3) is 0 Å². The molecule has 0 aliphatic carbocycles. The summed E-state index contributed by atoms with van der Waals surface area (Å²) >= 11 is 0. The third-order valence-electron chi connectivity index (χ3n) is 7.60. The Labute approximate surface area is 228 Å². The van der Waals surface area contributed by atoms with Crippen molar-refractivity contribution in [2.24, 2.45) is 0 Å². The molecule has 2 aliphatic rings. The Balaban J connectivity index is 1.25. The Morgan fingerprint density at radius 3 is 2.23 bits per heavy atom. The molecule has 39 heavy (non-hydrogen) atoms. The molecule has 0 radical (unpaired) electrons. The summed E-state index contributed by atoms with van der Waals surface area (Å²) in [7, 11) is -3.05. The van der Waals surface area contributed by atoms with E-state index < -0.39 is 9.84 Å². The molecule has 10 nitrogen and oxygen atoms in total. The first-order valence-electron chi connectivity index (χ1n) is 13.2. The maximum Gasteiger partial charge on any atom is 0.244 e. The highest BCUT2D eigenvalue weighted by Gasteiger charge is 2.28. The number of benzene rings is 1. The van der Waals surface area contributed by atoms with Crippen LogP contribution in [0.2, 0.25) is 0 Å². The predicted octanol–water partition coefficient (Wildman–Crippen LogP) is 2.46. The van der Waals surface area contributed by atoms with Gasteiger partial charge in [-0.05, 0) is 51.0 Å². The van der Waals surface area contributed by atoms with E-state index in [1.54, 1.807) is 23.1 Å². The summed E-state index contributed by atoms with van der Waals surface area (Å²) in [5, 5.41) is 4.07. The molecule has 5 rings (SSSR count). The molecule has 12 heteroatoms. The fourth-order valence-corrected chi connectivity index (χ4v) is 6.45. The van der Waals surface area contributed by atoms with Gasteiger partial charge in [-0.15, -0.1) is 0 Å². The van der Waals surface area contributed by atoms with Crippen LogP contribution in [0.1, 0.15) is 24.2 Å². The van der Waals surface area contributed by atoms with Gasteiger partial charge >= 0.3 is 0 Å². The molecule has 2 fully saturated rings. The van der Waals surface area contributed by atoms with Crippen LogP contribution in [0.25, 0.3) is 11.1 Å². The van der Waals surface area contributed by atoms with Crippen LogP contribution in [-0.4, -0.2) is 89.7 Å². The minimum absolute atomic E-state index is 0.0322. The van der Waals surface area contributed by atoms with Gasteiger partial charge in [-0.2, -0.15) is 5.10 Å². The first-order valence-corrected chi connectivity index (χ1v) is 15.1. The molecule has 2 aliphatic heterocycles. The molecule has 0 atom stereocenters. The number of carbonyl (C=O) groups excluding carboxylic acids is 1. The quantitative estimate of drug-likeness (QED) is 0.457. The summed E-state index contributed by atoms with van der Waals surface area (Å²) in [5.74, 6) is 0.225. The van der Waals surface area contributed by atoms with Crippen molar-refractivity contribution in [3.05, 3.63) is 53.9 Å². The lowest BCUT2D eigenvalue weighted by Crippen LogP contribution is -2.49. The minimum atomic E-state index is -3.05. The highest BCUT2D eigenvalue weighted by molar-refractivity contribution is 7.91. The van der Waals surface area contributed by atoms with E-state index in [0.717, 1.165) is 17.1 Å². The standard InChI is InChI=1S/C27H34FN7O3S/c1-19-14-20(2)35(31-19)18-26(36)33-12-10-32(11-13-33)25-5-4-22(28)15-24(25)21-16-29-27(30-17-21)34-8-6-23(7-9-34)39(3,37)38/h4-5,14-17,23H,6-13,18H2,1-3H3. The summed E-state index contributed by atoms with van der Waals surface area (Å²) in [4.78, 5) is 27.9. The highest BCUT2D eigenvalue weighted by Crippen LogP contribution is 2.32. The van der Waals surface area contributed by atoms with Crippen LogP contribution in [0, 0.1) is 19.7 Å². The van der Waals surface area contributed by atoms with Gasteiger partial charge in [-0.25, -0.2) is 22.8 Å². The van der Waals surface area contributed by atoms with E-state index in [1.165, 1.54) is 18.4 Å². The van der Waals surface area contributed by atoms with Crippen molar-refractivity contribution in [1.82, 2.24) is 24.6 Å². The predicted molar refractivity (Wildman–Crippen MR) is 148 cm³/mol. The molecule has 0 spiro atoms. The van der Waals surface area contributed by atoms with E-state index in [-0.39, 0.29) is 23.5 Å². The molecule has 1 amide bonds. The lowest BCUT2D eigenvalue weighted by molar-refractivity contribution is -0.132. The molecular weight excluding hydrogens is 521 g/mol. The number of carbonyl (C=O) groups is 1. The zero-order valence-corrected chi connectivity index (χ0v) is 23.4. The molecule has 0 unspecified atom stereocenters. The highest BCUT2D eigenvalue weighted by atomic mass is 32.2. The van der Waals surface area contributed by atoms with Gasteiger partial charge in [-0.1, -0.05) is 0 Å². The molecule has 2 saturated heterocycles. The van der Waals surface area contributed by atoms with E-state index in [2.05, 4.69) is 20.0 Å². The molecule has 3 aromatic rings. The number of piperazine rings is 1. The molecule has 208 valence electrons. The van der Waals surface area contributed by atoms with Crippen LogP contribution in [0.4, 0.5) is 16.0 Å². The lowest BCUT2D eigenvalue weighted by Gasteiger charge is -2.37. The van der Waals surface area contributed by atoms with E-state index in [0.29, 0.717) is 69.2 Å². The molecule has 0 bridgehead atoms. The first kappa shape index (κ1) is 27.0. The molecular formula is C27H34FN7O3S. The van der Waals surface area contributed by atoms with Gasteiger partial charge in [-0.3, -0.25) is 9.48 Å². The molecule has 0 N–H and O–H groups in total. The Morgan fingerprint density at radius 2 is 1.64 bits per heavy atom. The molecule has 2 aromatic heterocycles. The smallest absolute Gasteiger partial charge is 0.244 e. The second-order valence-electron chi connectivity index (χ2n) is 10.4. The lowest BCUT2D eigenvalue weighted by atomic mass is 10.0. The van der Waals surface area contributed by atoms with Crippen LogP contribution in [0.5, 0.6) is 0 Å². The number of amides is 1. The van der Waals surface area contributed by atoms with Crippen LogP contribution in [0.15, 0.2) is 36.7 Å². The van der Waals surface area contributed by atoms with Gasteiger partial charge in [0.05, 0.1) is 10.9 Å². The largest absolute Gasteiger partial charge is 0.367 e. The Kier molecular flexibility index (Phi) is 7.57. The topological polar surface area (TPSA) is 105 Å². The summed E-state index contributed by atoms with van der Waals surface area (Å²) < 4.78 is 39.8. The second-order valence-corrected chi connectivity index (χ2v) is 12.7. The summed E-state index contributed by atoms with van der Waals surface area (Å²) in [6.07, 6.45) is 5.77. The van der Waals surface area contributed by atoms with Crippen LogP contribution >= 0.6 is 0 Å². The molecule has 0 saturated carbocycles. The number of aryl methyl sites for hydroxylation is 2. The van der Waals surface area contributed by atoms with Crippen molar-refractivity contribution in [2.75, 3.05) is 55.3 Å². The van der Waals surface area contributed by atoms with Gasteiger partial charge in [0, 0.05) is 80.4 Å². The number of hydrogen-bond donors (Lipinski definition) is 0. The van der Waals surface area contributed by atoms with Gasteiger partial charge in [0.1, 0.15) is 22.2 Å². The average Bonchev–Trinajstić information content (AvgIpc) is 3.24. The van der Waals surface area contributed by atoms with Gasteiger partial charge in [0.2, 0.25) is 11.9 Å². The zero-order chi connectivity index (χ0) is 27.7. The van der Waals surface area contributed by atoms with Crippen molar-refractivity contribution in [3.63, 3.8) is 0 Å². The van der Waals surface area contributed by atoms with E-state index in [4.69, 9.17) is 0 Å². The van der Waals surface area contributed by atoms with E-state index >= 15 is 0 Å². The van der Waals surface area contributed by atoms with Crippen molar-refractivity contribution < 1.29 is 17.6 Å². The monoisotopic (exact) mass is 555 g/mol. The van der Waals surface area contributed by atoms with Gasteiger partial charge < -0.3 is 14.7 Å². The average molecular weight is 556 g/mol. The number of aromatic nitrogens is 4.